The molecule has 0 bridgehead atoms. The summed E-state index contributed by atoms with van der Waals surface area (Å²) in [6.07, 6.45) is -4.58. The zero-order valence-electron chi connectivity index (χ0n) is 10.6. The van der Waals surface area contributed by atoms with E-state index in [0.29, 0.717) is 17.5 Å². The summed E-state index contributed by atoms with van der Waals surface area (Å²) in [5, 5.41) is 6.53. The van der Waals surface area contributed by atoms with Crippen LogP contribution in [0.15, 0.2) is 28.8 Å². The van der Waals surface area contributed by atoms with E-state index in [4.69, 9.17) is 4.52 Å². The molecule has 0 spiro atoms. The first kappa shape index (κ1) is 14.5. The zero-order chi connectivity index (χ0) is 14.8. The molecule has 2 aromatic rings. The van der Waals surface area contributed by atoms with Gasteiger partial charge >= 0.3 is 6.18 Å². The second-order valence-corrected chi connectivity index (χ2v) is 4.33. The van der Waals surface area contributed by atoms with Crippen LogP contribution in [-0.4, -0.2) is 5.16 Å². The number of rotatable bonds is 4. The lowest BCUT2D eigenvalue weighted by Crippen LogP contribution is -2.17. The third-order valence-electron chi connectivity index (χ3n) is 2.68. The molecule has 1 N–H and O–H groups in total. The smallest absolute Gasteiger partial charge is 0.361 e. The molecule has 0 atom stereocenters. The third kappa shape index (κ3) is 3.57. The monoisotopic (exact) mass is 288 g/mol. The van der Waals surface area contributed by atoms with Crippen LogP contribution in [0.4, 0.5) is 17.6 Å². The predicted octanol–water partition coefficient (Wildman–Crippen LogP) is 3.43. The molecule has 20 heavy (non-hydrogen) atoms. The summed E-state index contributed by atoms with van der Waals surface area (Å²) in [5.74, 6) is -0.284. The van der Waals surface area contributed by atoms with Gasteiger partial charge in [0.2, 0.25) is 0 Å². The first-order chi connectivity index (χ1) is 9.36. The van der Waals surface area contributed by atoms with E-state index in [1.807, 2.05) is 0 Å². The Bertz CT molecular complexity index is 592. The fourth-order valence-electron chi connectivity index (χ4n) is 1.79. The van der Waals surface area contributed by atoms with Gasteiger partial charge in [-0.15, -0.1) is 0 Å². The Morgan fingerprint density at radius 2 is 1.95 bits per heavy atom. The van der Waals surface area contributed by atoms with E-state index in [0.717, 1.165) is 12.1 Å². The maximum atomic E-state index is 12.9. The van der Waals surface area contributed by atoms with Gasteiger partial charge in [0.25, 0.3) is 0 Å². The van der Waals surface area contributed by atoms with Crippen molar-refractivity contribution in [2.24, 2.45) is 0 Å². The van der Waals surface area contributed by atoms with Crippen LogP contribution < -0.4 is 5.32 Å². The van der Waals surface area contributed by atoms with E-state index in [9.17, 15) is 17.6 Å². The Kier molecular flexibility index (Phi) is 4.08. The number of aryl methyl sites for hydroxylation is 1. The summed E-state index contributed by atoms with van der Waals surface area (Å²) < 4.78 is 56.0. The summed E-state index contributed by atoms with van der Waals surface area (Å²) in [6.45, 7) is 1.95. The number of benzene rings is 1. The lowest BCUT2D eigenvalue weighted by Gasteiger charge is -2.13. The summed E-state index contributed by atoms with van der Waals surface area (Å²) in [7, 11) is 0. The quantitative estimate of drug-likeness (QED) is 0.876. The zero-order valence-corrected chi connectivity index (χ0v) is 10.6. The van der Waals surface area contributed by atoms with Crippen molar-refractivity contribution in [3.63, 3.8) is 0 Å². The van der Waals surface area contributed by atoms with E-state index in [1.165, 1.54) is 0 Å². The average Bonchev–Trinajstić information content (AvgIpc) is 2.76. The third-order valence-corrected chi connectivity index (χ3v) is 2.68. The molecular weight excluding hydrogens is 276 g/mol. The highest BCUT2D eigenvalue weighted by atomic mass is 19.4. The maximum Gasteiger partial charge on any atom is 0.416 e. The molecular formula is C13H12F4N2O. The van der Waals surface area contributed by atoms with E-state index in [2.05, 4.69) is 10.5 Å². The van der Waals surface area contributed by atoms with Gasteiger partial charge in [0.15, 0.2) is 0 Å². The molecule has 3 nitrogen and oxygen atoms in total. The van der Waals surface area contributed by atoms with Crippen LogP contribution in [0.3, 0.4) is 0 Å². The summed E-state index contributed by atoms with van der Waals surface area (Å²) >= 11 is 0. The molecule has 1 aromatic carbocycles. The number of nitrogens with zero attached hydrogens (tertiary/aromatic N) is 1. The number of halogens is 4. The van der Waals surface area contributed by atoms with E-state index in [1.54, 1.807) is 13.0 Å². The lowest BCUT2D eigenvalue weighted by atomic mass is 10.1. The largest absolute Gasteiger partial charge is 0.416 e. The Balaban J connectivity index is 2.06. The van der Waals surface area contributed by atoms with Crippen molar-refractivity contribution in [3.05, 3.63) is 52.7 Å². The Labute approximate surface area is 112 Å². The molecule has 108 valence electrons. The second kappa shape index (κ2) is 5.62. The molecule has 0 fully saturated rings. The molecule has 2 rings (SSSR count). The maximum absolute atomic E-state index is 12.9. The first-order valence-electron chi connectivity index (χ1n) is 5.85. The van der Waals surface area contributed by atoms with Crippen molar-refractivity contribution >= 4 is 0 Å². The Hall–Kier alpha value is -1.89. The molecule has 0 aliphatic rings. The molecule has 1 heterocycles. The molecule has 0 unspecified atom stereocenters. The standard InChI is InChI=1S/C13H12F4N2O/c1-8-4-11(19-20-8)7-18-6-9-2-3-10(14)5-12(9)13(15,16)17/h2-5,18H,6-7H2,1H3. The summed E-state index contributed by atoms with van der Waals surface area (Å²) in [5.41, 5.74) is -0.390. The van der Waals surface area contributed by atoms with Gasteiger partial charge in [0.1, 0.15) is 11.6 Å². The Morgan fingerprint density at radius 3 is 2.55 bits per heavy atom. The fourth-order valence-corrected chi connectivity index (χ4v) is 1.79. The number of nitrogens with one attached hydrogen (secondary N) is 1. The average molecular weight is 288 g/mol. The van der Waals surface area contributed by atoms with E-state index in [-0.39, 0.29) is 18.7 Å². The minimum atomic E-state index is -4.58. The highest BCUT2D eigenvalue weighted by molar-refractivity contribution is 5.30. The number of alkyl halides is 3. The highest BCUT2D eigenvalue weighted by Crippen LogP contribution is 2.32. The van der Waals surface area contributed by atoms with Crippen LogP contribution in [0.25, 0.3) is 0 Å². The molecule has 0 saturated carbocycles. The SMILES string of the molecule is Cc1cc(CNCc2ccc(F)cc2C(F)(F)F)no1. The van der Waals surface area contributed by atoms with Gasteiger partial charge in [-0.25, -0.2) is 4.39 Å². The van der Waals surface area contributed by atoms with Crippen LogP contribution in [0.1, 0.15) is 22.6 Å². The molecule has 0 radical (unpaired) electrons. The molecule has 0 aliphatic heterocycles. The van der Waals surface area contributed by atoms with Crippen molar-refractivity contribution in [1.82, 2.24) is 10.5 Å². The van der Waals surface area contributed by atoms with Gasteiger partial charge in [0, 0.05) is 19.2 Å². The van der Waals surface area contributed by atoms with Gasteiger partial charge in [-0.2, -0.15) is 13.2 Å². The van der Waals surface area contributed by atoms with Crippen molar-refractivity contribution in [1.29, 1.82) is 0 Å². The van der Waals surface area contributed by atoms with Gasteiger partial charge in [-0.3, -0.25) is 0 Å². The topological polar surface area (TPSA) is 38.1 Å². The van der Waals surface area contributed by atoms with Crippen LogP contribution >= 0.6 is 0 Å². The second-order valence-electron chi connectivity index (χ2n) is 4.33. The lowest BCUT2D eigenvalue weighted by molar-refractivity contribution is -0.138. The number of hydrogen-bond acceptors (Lipinski definition) is 3. The Morgan fingerprint density at radius 1 is 1.20 bits per heavy atom. The van der Waals surface area contributed by atoms with Crippen LogP contribution in [-0.2, 0) is 19.3 Å². The van der Waals surface area contributed by atoms with Gasteiger partial charge < -0.3 is 9.84 Å². The highest BCUT2D eigenvalue weighted by Gasteiger charge is 2.33. The van der Waals surface area contributed by atoms with Crippen molar-refractivity contribution in [3.8, 4) is 0 Å². The van der Waals surface area contributed by atoms with Gasteiger partial charge in [-0.05, 0) is 24.6 Å². The number of aromatic nitrogens is 1. The molecule has 0 amide bonds. The van der Waals surface area contributed by atoms with Crippen molar-refractivity contribution in [2.45, 2.75) is 26.2 Å². The molecule has 7 heteroatoms. The van der Waals surface area contributed by atoms with Crippen molar-refractivity contribution < 1.29 is 22.1 Å². The van der Waals surface area contributed by atoms with Crippen LogP contribution in [0.5, 0.6) is 0 Å². The normalized spacial score (nSPS) is 11.8. The molecule has 0 aliphatic carbocycles. The van der Waals surface area contributed by atoms with Crippen LogP contribution in [0, 0.1) is 12.7 Å². The minimum Gasteiger partial charge on any atom is -0.361 e. The first-order valence-corrected chi connectivity index (χ1v) is 5.85. The van der Waals surface area contributed by atoms with Gasteiger partial charge in [-0.1, -0.05) is 11.2 Å². The van der Waals surface area contributed by atoms with E-state index < -0.39 is 17.6 Å². The molecule has 1 aromatic heterocycles. The van der Waals surface area contributed by atoms with Gasteiger partial charge in [0.05, 0.1) is 11.3 Å². The minimum absolute atomic E-state index is 0.0147. The summed E-state index contributed by atoms with van der Waals surface area (Å²) in [6, 6.07) is 4.31. The number of hydrogen-bond donors (Lipinski definition) is 1. The van der Waals surface area contributed by atoms with E-state index >= 15 is 0 Å². The fraction of sp³-hybridized carbons (Fsp3) is 0.308. The van der Waals surface area contributed by atoms with Crippen LogP contribution in [0.2, 0.25) is 0 Å². The van der Waals surface area contributed by atoms with Crippen molar-refractivity contribution in [2.75, 3.05) is 0 Å². The molecule has 0 saturated heterocycles. The summed E-state index contributed by atoms with van der Waals surface area (Å²) in [4.78, 5) is 0. The predicted molar refractivity (Wildman–Crippen MR) is 63.2 cm³/mol.